The zero-order valence-electron chi connectivity index (χ0n) is 13.6. The van der Waals surface area contributed by atoms with Crippen molar-refractivity contribution in [2.45, 2.75) is 58.3 Å². The lowest BCUT2D eigenvalue weighted by Crippen LogP contribution is -2.25. The molecule has 0 saturated carbocycles. The van der Waals surface area contributed by atoms with Gasteiger partial charge in [0.25, 0.3) is 0 Å². The molecule has 2 aromatic heterocycles. The Morgan fingerprint density at radius 1 is 1.18 bits per heavy atom. The van der Waals surface area contributed by atoms with Crippen molar-refractivity contribution in [3.63, 3.8) is 0 Å². The summed E-state index contributed by atoms with van der Waals surface area (Å²) < 4.78 is 2.01. The van der Waals surface area contributed by atoms with Gasteiger partial charge in [-0.1, -0.05) is 45.1 Å². The second-order valence-electron chi connectivity index (χ2n) is 5.82. The third kappa shape index (κ3) is 5.51. The fourth-order valence-corrected chi connectivity index (χ4v) is 2.59. The maximum Gasteiger partial charge on any atom is 0.220 e. The lowest BCUT2D eigenvalue weighted by Gasteiger charge is -2.04. The highest BCUT2D eigenvalue weighted by molar-refractivity contribution is 5.75. The molecule has 2 heterocycles. The zero-order valence-corrected chi connectivity index (χ0v) is 13.6. The molecule has 0 saturated heterocycles. The molecule has 1 amide bonds. The molecule has 2 rings (SSSR count). The number of unbranched alkanes of at least 4 members (excludes halogenated alkanes) is 5. The molecule has 0 bridgehead atoms. The van der Waals surface area contributed by atoms with Crippen molar-refractivity contribution < 1.29 is 4.79 Å². The summed E-state index contributed by atoms with van der Waals surface area (Å²) in [5.41, 5.74) is 1.97. The molecule has 4 heteroatoms. The summed E-state index contributed by atoms with van der Waals surface area (Å²) in [5, 5.41) is 2.99. The van der Waals surface area contributed by atoms with Crippen LogP contribution in [0.4, 0.5) is 0 Å². The van der Waals surface area contributed by atoms with Crippen LogP contribution in [0.2, 0.25) is 0 Å². The minimum absolute atomic E-state index is 0.166. The van der Waals surface area contributed by atoms with E-state index in [-0.39, 0.29) is 5.91 Å². The van der Waals surface area contributed by atoms with Gasteiger partial charge in [0, 0.05) is 31.8 Å². The van der Waals surface area contributed by atoms with Crippen LogP contribution in [-0.4, -0.2) is 21.8 Å². The number of fused-ring (bicyclic) bond motifs is 1. The van der Waals surface area contributed by atoms with Gasteiger partial charge in [-0.25, -0.2) is 4.98 Å². The Hall–Kier alpha value is -1.84. The van der Waals surface area contributed by atoms with E-state index < -0.39 is 0 Å². The highest BCUT2D eigenvalue weighted by atomic mass is 16.1. The van der Waals surface area contributed by atoms with Gasteiger partial charge in [0.1, 0.15) is 5.65 Å². The lowest BCUT2D eigenvalue weighted by molar-refractivity contribution is -0.121. The summed E-state index contributed by atoms with van der Waals surface area (Å²) in [6.07, 6.45) is 12.7. The highest BCUT2D eigenvalue weighted by Gasteiger charge is 2.03. The quantitative estimate of drug-likeness (QED) is 0.679. The highest BCUT2D eigenvalue weighted by Crippen LogP contribution is 2.07. The molecule has 2 aromatic rings. The largest absolute Gasteiger partial charge is 0.356 e. The van der Waals surface area contributed by atoms with Gasteiger partial charge in [-0.05, 0) is 18.6 Å². The normalized spacial score (nSPS) is 11.0. The molecule has 0 atom stereocenters. The SMILES string of the molecule is CCCCCCCCC(=O)NCCc1cn2ccccc2n1. The topological polar surface area (TPSA) is 46.4 Å². The van der Waals surface area contributed by atoms with E-state index in [2.05, 4.69) is 17.2 Å². The van der Waals surface area contributed by atoms with Gasteiger partial charge in [0.2, 0.25) is 5.91 Å². The van der Waals surface area contributed by atoms with E-state index >= 15 is 0 Å². The van der Waals surface area contributed by atoms with Crippen LogP contribution >= 0.6 is 0 Å². The van der Waals surface area contributed by atoms with E-state index in [1.807, 2.05) is 35.0 Å². The van der Waals surface area contributed by atoms with Gasteiger partial charge in [0.15, 0.2) is 0 Å². The van der Waals surface area contributed by atoms with Crippen molar-refractivity contribution in [3.05, 3.63) is 36.3 Å². The van der Waals surface area contributed by atoms with E-state index in [9.17, 15) is 4.79 Å². The number of rotatable bonds is 10. The van der Waals surface area contributed by atoms with E-state index in [0.29, 0.717) is 13.0 Å². The third-order valence-corrected chi connectivity index (χ3v) is 3.87. The summed E-state index contributed by atoms with van der Waals surface area (Å²) in [6, 6.07) is 5.95. The van der Waals surface area contributed by atoms with E-state index in [4.69, 9.17) is 0 Å². The monoisotopic (exact) mass is 301 g/mol. The average Bonchev–Trinajstić information content (AvgIpc) is 2.93. The minimum atomic E-state index is 0.166. The molecule has 0 aliphatic carbocycles. The molecule has 0 fully saturated rings. The Balaban J connectivity index is 1.58. The van der Waals surface area contributed by atoms with E-state index in [0.717, 1.165) is 24.2 Å². The number of nitrogens with one attached hydrogen (secondary N) is 1. The molecule has 0 aromatic carbocycles. The van der Waals surface area contributed by atoms with Crippen LogP contribution in [0.5, 0.6) is 0 Å². The average molecular weight is 301 g/mol. The number of hydrogen-bond acceptors (Lipinski definition) is 2. The first-order valence-corrected chi connectivity index (χ1v) is 8.49. The maximum atomic E-state index is 11.8. The number of pyridine rings is 1. The molecular weight excluding hydrogens is 274 g/mol. The molecule has 0 aliphatic rings. The maximum absolute atomic E-state index is 11.8. The predicted molar refractivity (Wildman–Crippen MR) is 89.9 cm³/mol. The Morgan fingerprint density at radius 2 is 2.00 bits per heavy atom. The lowest BCUT2D eigenvalue weighted by atomic mass is 10.1. The van der Waals surface area contributed by atoms with Gasteiger partial charge < -0.3 is 9.72 Å². The molecule has 0 unspecified atom stereocenters. The molecule has 120 valence electrons. The number of hydrogen-bond donors (Lipinski definition) is 1. The summed E-state index contributed by atoms with van der Waals surface area (Å²) in [6.45, 7) is 2.88. The molecule has 0 aliphatic heterocycles. The smallest absolute Gasteiger partial charge is 0.220 e. The summed E-state index contributed by atoms with van der Waals surface area (Å²) in [5.74, 6) is 0.166. The molecular formula is C18H27N3O. The Kier molecular flexibility index (Phi) is 6.94. The predicted octanol–water partition coefficient (Wildman–Crippen LogP) is 3.74. The number of nitrogens with zero attached hydrogens (tertiary/aromatic N) is 2. The van der Waals surface area contributed by atoms with Crippen LogP contribution in [-0.2, 0) is 11.2 Å². The van der Waals surface area contributed by atoms with Gasteiger partial charge >= 0.3 is 0 Å². The summed E-state index contributed by atoms with van der Waals surface area (Å²) in [7, 11) is 0. The van der Waals surface area contributed by atoms with Crippen LogP contribution < -0.4 is 5.32 Å². The van der Waals surface area contributed by atoms with Crippen molar-refractivity contribution in [3.8, 4) is 0 Å². The zero-order chi connectivity index (χ0) is 15.6. The Bertz CT molecular complexity index is 543. The fraction of sp³-hybridized carbons (Fsp3) is 0.556. The number of carbonyl (C=O) groups excluding carboxylic acids is 1. The van der Waals surface area contributed by atoms with Crippen molar-refractivity contribution in [1.29, 1.82) is 0 Å². The van der Waals surface area contributed by atoms with Gasteiger partial charge in [-0.2, -0.15) is 0 Å². The number of carbonyl (C=O) groups is 1. The van der Waals surface area contributed by atoms with Gasteiger partial charge in [-0.3, -0.25) is 4.79 Å². The minimum Gasteiger partial charge on any atom is -0.356 e. The van der Waals surface area contributed by atoms with Gasteiger partial charge in [0.05, 0.1) is 5.69 Å². The van der Waals surface area contributed by atoms with Crippen LogP contribution in [0.15, 0.2) is 30.6 Å². The fourth-order valence-electron chi connectivity index (χ4n) is 2.59. The van der Waals surface area contributed by atoms with E-state index in [1.54, 1.807) is 0 Å². The number of imidazole rings is 1. The van der Waals surface area contributed by atoms with Crippen LogP contribution in [0.25, 0.3) is 5.65 Å². The second kappa shape index (κ2) is 9.23. The molecule has 4 nitrogen and oxygen atoms in total. The second-order valence-corrected chi connectivity index (χ2v) is 5.82. The van der Waals surface area contributed by atoms with Crippen molar-refractivity contribution >= 4 is 11.6 Å². The van der Waals surface area contributed by atoms with Crippen molar-refractivity contribution in [2.24, 2.45) is 0 Å². The summed E-state index contributed by atoms with van der Waals surface area (Å²) in [4.78, 5) is 16.3. The summed E-state index contributed by atoms with van der Waals surface area (Å²) >= 11 is 0. The first kappa shape index (κ1) is 16.5. The van der Waals surface area contributed by atoms with E-state index in [1.165, 1.54) is 32.1 Å². The standard InChI is InChI=1S/C18H27N3O/c1-2-3-4-5-6-7-11-18(22)19-13-12-16-15-21-14-9-8-10-17(21)20-16/h8-10,14-15H,2-7,11-13H2,1H3,(H,19,22). The van der Waals surface area contributed by atoms with Crippen molar-refractivity contribution in [2.75, 3.05) is 6.54 Å². The number of aromatic nitrogens is 2. The van der Waals surface area contributed by atoms with Crippen molar-refractivity contribution in [1.82, 2.24) is 14.7 Å². The third-order valence-electron chi connectivity index (χ3n) is 3.87. The molecule has 0 spiro atoms. The van der Waals surface area contributed by atoms with Crippen LogP contribution in [0, 0.1) is 0 Å². The Morgan fingerprint density at radius 3 is 2.82 bits per heavy atom. The first-order valence-electron chi connectivity index (χ1n) is 8.49. The first-order chi connectivity index (χ1) is 10.8. The molecule has 1 N–H and O–H groups in total. The number of amides is 1. The van der Waals surface area contributed by atoms with Gasteiger partial charge in [-0.15, -0.1) is 0 Å². The van der Waals surface area contributed by atoms with Crippen LogP contribution in [0.3, 0.4) is 0 Å². The Labute approximate surface area is 132 Å². The molecule has 0 radical (unpaired) electrons. The molecule has 22 heavy (non-hydrogen) atoms. The van der Waals surface area contributed by atoms with Crippen LogP contribution in [0.1, 0.15) is 57.6 Å².